The van der Waals surface area contributed by atoms with Gasteiger partial charge >= 0.3 is 5.66 Å². The molecule has 26 heavy (non-hydrogen) atoms. The van der Waals surface area contributed by atoms with Gasteiger partial charge in [0, 0.05) is 24.3 Å². The van der Waals surface area contributed by atoms with Gasteiger partial charge in [-0.15, -0.1) is 9.13 Å². The molecule has 0 amide bonds. The third-order valence-electron chi connectivity index (χ3n) is 6.35. The van der Waals surface area contributed by atoms with Crippen molar-refractivity contribution in [3.63, 3.8) is 0 Å². The molecule has 2 aromatic carbocycles. The Balaban J connectivity index is 1.81. The van der Waals surface area contributed by atoms with Gasteiger partial charge in [-0.2, -0.15) is 0 Å². The van der Waals surface area contributed by atoms with Gasteiger partial charge in [-0.1, -0.05) is 24.3 Å². The predicted octanol–water partition coefficient (Wildman–Crippen LogP) is 3.42. The minimum absolute atomic E-state index is 0.288. The molecular weight excluding hydrogens is 316 g/mol. The van der Waals surface area contributed by atoms with Crippen LogP contribution < -0.4 is 9.13 Å². The van der Waals surface area contributed by atoms with Crippen molar-refractivity contribution in [1.82, 2.24) is 0 Å². The second-order valence-corrected chi connectivity index (χ2v) is 7.44. The molecule has 0 bridgehead atoms. The summed E-state index contributed by atoms with van der Waals surface area (Å²) in [6.07, 6.45) is 5.51. The summed E-state index contributed by atoms with van der Waals surface area (Å²) in [5.41, 5.74) is 10.9. The Hall–Kier alpha value is -3.26. The second-order valence-electron chi connectivity index (χ2n) is 7.44. The largest absolute Gasteiger partial charge is 0.418 e. The highest BCUT2D eigenvalue weighted by molar-refractivity contribution is 5.78. The minimum Gasteiger partial charge on any atom is -0.126 e. The number of fused-ring (bicyclic) bond motifs is 4. The van der Waals surface area contributed by atoms with Gasteiger partial charge < -0.3 is 0 Å². The molecule has 0 atom stereocenters. The lowest BCUT2D eigenvalue weighted by atomic mass is 9.77. The molecule has 2 aliphatic heterocycles. The maximum atomic E-state index is 2.49. The van der Waals surface area contributed by atoms with Crippen LogP contribution in [0.1, 0.15) is 22.3 Å². The molecule has 0 N–H and O–H groups in total. The molecule has 1 spiro atoms. The van der Waals surface area contributed by atoms with Crippen LogP contribution in [0.25, 0.3) is 22.5 Å². The number of hydrogen-bond acceptors (Lipinski definition) is 0. The van der Waals surface area contributed by atoms with E-state index in [1.54, 1.807) is 0 Å². The number of rotatable bonds is 0. The van der Waals surface area contributed by atoms with Crippen LogP contribution >= 0.6 is 0 Å². The molecule has 0 fully saturated rings. The van der Waals surface area contributed by atoms with Crippen molar-refractivity contribution in [2.45, 2.75) is 12.1 Å². The molecule has 0 saturated carbocycles. The molecule has 0 radical (unpaired) electrons. The van der Waals surface area contributed by atoms with E-state index in [0.717, 1.165) is 6.42 Å². The Labute approximate surface area is 151 Å². The highest BCUT2D eigenvalue weighted by Gasteiger charge is 2.69. The zero-order chi connectivity index (χ0) is 16.9. The van der Waals surface area contributed by atoms with E-state index in [2.05, 4.69) is 94.3 Å². The molecule has 2 aromatic heterocycles. The van der Waals surface area contributed by atoms with Gasteiger partial charge in [0.2, 0.25) is 11.4 Å². The Kier molecular flexibility index (Phi) is 2.05. The SMILES string of the molecule is c1cc2c3c(c1)-c1cccc[n+]1C31c3c(cccc3-c3cccc[n+]31)C2. The van der Waals surface area contributed by atoms with Gasteiger partial charge in [-0.3, -0.25) is 0 Å². The lowest BCUT2D eigenvalue weighted by Crippen LogP contribution is -2.72. The van der Waals surface area contributed by atoms with Crippen LogP contribution in [0.2, 0.25) is 0 Å². The van der Waals surface area contributed by atoms with E-state index in [1.807, 2.05) is 0 Å². The normalized spacial score (nSPS) is 15.8. The van der Waals surface area contributed by atoms with Crippen molar-refractivity contribution in [2.24, 2.45) is 0 Å². The van der Waals surface area contributed by atoms with Crippen molar-refractivity contribution < 1.29 is 9.13 Å². The zero-order valence-electron chi connectivity index (χ0n) is 14.2. The highest BCUT2D eigenvalue weighted by Crippen LogP contribution is 2.52. The Morgan fingerprint density at radius 3 is 1.65 bits per heavy atom. The minimum atomic E-state index is -0.288. The van der Waals surface area contributed by atoms with Gasteiger partial charge in [0.1, 0.15) is 11.1 Å². The van der Waals surface area contributed by atoms with E-state index in [1.165, 1.54) is 44.8 Å². The third kappa shape index (κ3) is 1.18. The summed E-state index contributed by atoms with van der Waals surface area (Å²) >= 11 is 0. The quantitative estimate of drug-likeness (QED) is 0.376. The first-order valence-corrected chi connectivity index (χ1v) is 9.18. The predicted molar refractivity (Wildman–Crippen MR) is 98.5 cm³/mol. The van der Waals surface area contributed by atoms with Crippen LogP contribution in [0.3, 0.4) is 0 Å². The summed E-state index contributed by atoms with van der Waals surface area (Å²) in [7, 11) is 0. The van der Waals surface area contributed by atoms with Crippen LogP contribution in [-0.2, 0) is 12.1 Å². The van der Waals surface area contributed by atoms with E-state index in [-0.39, 0.29) is 5.66 Å². The van der Waals surface area contributed by atoms with E-state index in [0.29, 0.717) is 0 Å². The average Bonchev–Trinajstić information content (AvgIpc) is 3.17. The number of hydrogen-bond donors (Lipinski definition) is 0. The fourth-order valence-electron chi connectivity index (χ4n) is 5.56. The molecule has 1 aliphatic carbocycles. The van der Waals surface area contributed by atoms with Crippen molar-refractivity contribution in [2.75, 3.05) is 0 Å². The van der Waals surface area contributed by atoms with E-state index < -0.39 is 0 Å². The lowest BCUT2D eigenvalue weighted by molar-refractivity contribution is -0.955. The standard InChI is InChI=1S/C24H16N2/c1-3-13-25-20(11-1)18-9-5-7-16-15-17-8-6-10-19-21-12-2-4-14-26(21)24(25,22(16)18)23(17)19/h1-14H,15H2/q+2. The van der Waals surface area contributed by atoms with Gasteiger partial charge in [-0.05, 0) is 41.8 Å². The van der Waals surface area contributed by atoms with Crippen molar-refractivity contribution in [1.29, 1.82) is 0 Å². The van der Waals surface area contributed by atoms with Crippen LogP contribution in [0.15, 0.2) is 85.2 Å². The van der Waals surface area contributed by atoms with Crippen molar-refractivity contribution in [3.8, 4) is 22.5 Å². The number of pyridine rings is 2. The summed E-state index contributed by atoms with van der Waals surface area (Å²) < 4.78 is 4.97. The summed E-state index contributed by atoms with van der Waals surface area (Å²) in [5, 5.41) is 0. The molecule has 7 rings (SSSR count). The molecule has 3 aliphatic rings. The number of benzene rings is 2. The van der Waals surface area contributed by atoms with Gasteiger partial charge in [0.25, 0.3) is 0 Å². The average molecular weight is 332 g/mol. The first-order valence-electron chi connectivity index (χ1n) is 9.18. The summed E-state index contributed by atoms with van der Waals surface area (Å²) in [6.45, 7) is 0. The van der Waals surface area contributed by atoms with E-state index in [9.17, 15) is 0 Å². The zero-order valence-corrected chi connectivity index (χ0v) is 14.2. The summed E-state index contributed by atoms with van der Waals surface area (Å²) in [5.74, 6) is 0. The third-order valence-corrected chi connectivity index (χ3v) is 6.35. The van der Waals surface area contributed by atoms with E-state index in [4.69, 9.17) is 0 Å². The Morgan fingerprint density at radius 1 is 0.577 bits per heavy atom. The van der Waals surface area contributed by atoms with Crippen LogP contribution in [0.4, 0.5) is 0 Å². The first kappa shape index (κ1) is 13.0. The number of nitrogens with zero attached hydrogens (tertiary/aromatic N) is 2. The van der Waals surface area contributed by atoms with Crippen LogP contribution in [-0.4, -0.2) is 0 Å². The summed E-state index contributed by atoms with van der Waals surface area (Å²) in [6, 6.07) is 26.7. The molecular formula is C24H16N2+2. The smallest absolute Gasteiger partial charge is 0.126 e. The molecule has 4 heterocycles. The summed E-state index contributed by atoms with van der Waals surface area (Å²) in [4.78, 5) is 0. The van der Waals surface area contributed by atoms with Crippen LogP contribution in [0.5, 0.6) is 0 Å². The maximum Gasteiger partial charge on any atom is 0.418 e. The van der Waals surface area contributed by atoms with E-state index >= 15 is 0 Å². The second kappa shape index (κ2) is 4.10. The lowest BCUT2D eigenvalue weighted by Gasteiger charge is -2.25. The number of aromatic nitrogens is 2. The first-order chi connectivity index (χ1) is 12.9. The van der Waals surface area contributed by atoms with Crippen LogP contribution in [0, 0.1) is 0 Å². The molecule has 0 saturated heterocycles. The molecule has 0 unspecified atom stereocenters. The van der Waals surface area contributed by atoms with Gasteiger partial charge in [-0.25, -0.2) is 0 Å². The molecule has 4 aromatic rings. The topological polar surface area (TPSA) is 7.76 Å². The van der Waals surface area contributed by atoms with Gasteiger partial charge in [0.05, 0.1) is 11.1 Å². The molecule has 2 heteroatoms. The monoisotopic (exact) mass is 332 g/mol. The van der Waals surface area contributed by atoms with Crippen molar-refractivity contribution in [3.05, 3.63) is 107 Å². The Morgan fingerprint density at radius 2 is 1.12 bits per heavy atom. The molecule has 2 nitrogen and oxygen atoms in total. The highest BCUT2D eigenvalue weighted by atomic mass is 15.3. The fourth-order valence-corrected chi connectivity index (χ4v) is 5.56. The van der Waals surface area contributed by atoms with Gasteiger partial charge in [0.15, 0.2) is 12.4 Å². The maximum absolute atomic E-state index is 2.49. The Bertz CT molecular complexity index is 1170. The molecule has 120 valence electrons. The van der Waals surface area contributed by atoms with Crippen molar-refractivity contribution >= 4 is 0 Å². The fraction of sp³-hybridized carbons (Fsp3) is 0.0833.